The first-order valence-corrected chi connectivity index (χ1v) is 9.96. The number of ether oxygens (including phenoxy) is 2. The average Bonchev–Trinajstić information content (AvgIpc) is 2.75. The van der Waals surface area contributed by atoms with Crippen LogP contribution >= 0.6 is 0 Å². The Morgan fingerprint density at radius 3 is 2.68 bits per heavy atom. The first-order chi connectivity index (χ1) is 13.6. The lowest BCUT2D eigenvalue weighted by molar-refractivity contribution is -0.154. The highest BCUT2D eigenvalue weighted by Crippen LogP contribution is 2.35. The van der Waals surface area contributed by atoms with E-state index in [4.69, 9.17) is 9.47 Å². The molecule has 0 aromatic heterocycles. The third-order valence-corrected chi connectivity index (χ3v) is 5.67. The van der Waals surface area contributed by atoms with Gasteiger partial charge in [-0.2, -0.15) is 0 Å². The molecule has 28 heavy (non-hydrogen) atoms. The van der Waals surface area contributed by atoms with Crippen LogP contribution in [0.3, 0.4) is 0 Å². The van der Waals surface area contributed by atoms with Crippen molar-refractivity contribution < 1.29 is 23.9 Å². The molecule has 1 aromatic rings. The Bertz CT molecular complexity index is 719. The van der Waals surface area contributed by atoms with Crippen LogP contribution in [0.25, 0.3) is 0 Å². The van der Waals surface area contributed by atoms with Crippen molar-refractivity contribution in [1.29, 1.82) is 0 Å². The highest BCUT2D eigenvalue weighted by Gasteiger charge is 2.35. The number of esters is 1. The van der Waals surface area contributed by atoms with Crippen molar-refractivity contribution in [2.45, 2.75) is 44.6 Å². The Labute approximate surface area is 165 Å². The van der Waals surface area contributed by atoms with E-state index in [1.165, 1.54) is 26.4 Å². The topological polar surface area (TPSA) is 84.9 Å². The Morgan fingerprint density at radius 1 is 1.11 bits per heavy atom. The van der Waals surface area contributed by atoms with E-state index in [0.29, 0.717) is 23.3 Å². The van der Waals surface area contributed by atoms with Crippen LogP contribution < -0.4 is 10.1 Å². The molecule has 1 saturated carbocycles. The Morgan fingerprint density at radius 2 is 1.86 bits per heavy atom. The quantitative estimate of drug-likeness (QED) is 0.755. The van der Waals surface area contributed by atoms with Gasteiger partial charge in [0.1, 0.15) is 12.3 Å². The second kappa shape index (κ2) is 9.57. The third kappa shape index (κ3) is 4.82. The van der Waals surface area contributed by atoms with Crippen LogP contribution in [0.2, 0.25) is 0 Å². The summed E-state index contributed by atoms with van der Waals surface area (Å²) in [5.41, 5.74) is 0.338. The minimum atomic E-state index is -0.631. The molecule has 7 nitrogen and oxygen atoms in total. The zero-order valence-corrected chi connectivity index (χ0v) is 16.3. The standard InChI is InChI=1S/C21H28N2O5/c1-27-18-11-5-3-9-16(18)21(26)22-13-20(25)28-14-19(24)23-12-6-8-15-7-2-4-10-17(15)23/h3,5,9,11,15,17H,2,4,6-8,10,12-14H2,1H3,(H,22,26)/t15-,17-/m0/s1. The number of carbonyl (C=O) groups is 3. The number of rotatable bonds is 6. The second-order valence-electron chi connectivity index (χ2n) is 7.38. The number of para-hydroxylation sites is 1. The fraction of sp³-hybridized carbons (Fsp3) is 0.571. The van der Waals surface area contributed by atoms with Gasteiger partial charge < -0.3 is 19.7 Å². The number of fused-ring (bicyclic) bond motifs is 1. The van der Waals surface area contributed by atoms with Gasteiger partial charge in [0.15, 0.2) is 6.61 Å². The van der Waals surface area contributed by atoms with Crippen molar-refractivity contribution in [3.63, 3.8) is 0 Å². The molecule has 1 N–H and O–H groups in total. The van der Waals surface area contributed by atoms with E-state index in [1.54, 1.807) is 24.3 Å². The molecule has 0 spiro atoms. The Kier molecular flexibility index (Phi) is 6.90. The van der Waals surface area contributed by atoms with Crippen LogP contribution in [0.5, 0.6) is 5.75 Å². The number of likely N-dealkylation sites (tertiary alicyclic amines) is 1. The molecule has 2 atom stereocenters. The lowest BCUT2D eigenvalue weighted by atomic mass is 9.78. The van der Waals surface area contributed by atoms with Crippen LogP contribution in [0, 0.1) is 5.92 Å². The Hall–Kier alpha value is -2.57. The zero-order valence-electron chi connectivity index (χ0n) is 16.3. The van der Waals surface area contributed by atoms with Crippen molar-refractivity contribution in [2.24, 2.45) is 5.92 Å². The van der Waals surface area contributed by atoms with Crippen LogP contribution in [-0.4, -0.2) is 55.5 Å². The lowest BCUT2D eigenvalue weighted by Gasteiger charge is -2.44. The van der Waals surface area contributed by atoms with Gasteiger partial charge in [-0.1, -0.05) is 25.0 Å². The molecule has 1 saturated heterocycles. The molecule has 2 fully saturated rings. The number of hydrogen-bond donors (Lipinski definition) is 1. The fourth-order valence-electron chi connectivity index (χ4n) is 4.29. The normalized spacial score (nSPS) is 21.4. The number of carbonyl (C=O) groups excluding carboxylic acids is 3. The van der Waals surface area contributed by atoms with E-state index in [0.717, 1.165) is 25.8 Å². The third-order valence-electron chi connectivity index (χ3n) is 5.67. The van der Waals surface area contributed by atoms with E-state index in [9.17, 15) is 14.4 Å². The summed E-state index contributed by atoms with van der Waals surface area (Å²) in [5.74, 6) is -0.186. The predicted molar refractivity (Wildman–Crippen MR) is 103 cm³/mol. The lowest BCUT2D eigenvalue weighted by Crippen LogP contribution is -2.51. The molecule has 1 heterocycles. The van der Waals surface area contributed by atoms with Crippen molar-refractivity contribution in [3.05, 3.63) is 29.8 Å². The van der Waals surface area contributed by atoms with Crippen LogP contribution in [0.1, 0.15) is 48.9 Å². The number of hydrogen-bond acceptors (Lipinski definition) is 5. The maximum Gasteiger partial charge on any atom is 0.325 e. The van der Waals surface area contributed by atoms with Gasteiger partial charge in [-0.3, -0.25) is 14.4 Å². The monoisotopic (exact) mass is 388 g/mol. The summed E-state index contributed by atoms with van der Waals surface area (Å²) in [5, 5.41) is 2.50. The van der Waals surface area contributed by atoms with Crippen molar-refractivity contribution in [1.82, 2.24) is 10.2 Å². The van der Waals surface area contributed by atoms with Gasteiger partial charge in [0, 0.05) is 12.6 Å². The molecule has 152 valence electrons. The zero-order chi connectivity index (χ0) is 19.9. The average molecular weight is 388 g/mol. The summed E-state index contributed by atoms with van der Waals surface area (Å²) >= 11 is 0. The summed E-state index contributed by atoms with van der Waals surface area (Å²) in [6, 6.07) is 7.04. The van der Waals surface area contributed by atoms with Crippen LogP contribution in [-0.2, 0) is 14.3 Å². The van der Waals surface area contributed by atoms with Gasteiger partial charge in [-0.15, -0.1) is 0 Å². The number of piperidine rings is 1. The van der Waals surface area contributed by atoms with Gasteiger partial charge in [0.2, 0.25) is 0 Å². The fourth-order valence-corrected chi connectivity index (χ4v) is 4.29. The van der Waals surface area contributed by atoms with Gasteiger partial charge in [-0.05, 0) is 43.7 Å². The summed E-state index contributed by atoms with van der Waals surface area (Å²) in [6.45, 7) is 0.172. The van der Waals surface area contributed by atoms with Crippen molar-refractivity contribution in [3.8, 4) is 5.75 Å². The number of nitrogens with zero attached hydrogens (tertiary/aromatic N) is 1. The summed E-state index contributed by atoms with van der Waals surface area (Å²) in [4.78, 5) is 38.6. The van der Waals surface area contributed by atoms with Crippen LogP contribution in [0.4, 0.5) is 0 Å². The summed E-state index contributed by atoms with van der Waals surface area (Å²) < 4.78 is 10.2. The molecule has 3 rings (SSSR count). The predicted octanol–water partition coefficient (Wildman–Crippen LogP) is 2.15. The summed E-state index contributed by atoms with van der Waals surface area (Å²) in [6.07, 6.45) is 6.81. The minimum Gasteiger partial charge on any atom is -0.496 e. The number of methoxy groups -OCH3 is 1. The van der Waals surface area contributed by atoms with Crippen molar-refractivity contribution >= 4 is 17.8 Å². The SMILES string of the molecule is COc1ccccc1C(=O)NCC(=O)OCC(=O)N1CCC[C@@H]2CCCC[C@@H]21. The molecule has 0 bridgehead atoms. The van der Waals surface area contributed by atoms with Gasteiger partial charge in [-0.25, -0.2) is 0 Å². The molecule has 2 aliphatic rings. The maximum atomic E-state index is 12.5. The van der Waals surface area contributed by atoms with E-state index in [2.05, 4.69) is 5.32 Å². The van der Waals surface area contributed by atoms with E-state index in [-0.39, 0.29) is 19.1 Å². The van der Waals surface area contributed by atoms with E-state index in [1.807, 2.05) is 4.90 Å². The Balaban J connectivity index is 1.45. The van der Waals surface area contributed by atoms with Crippen molar-refractivity contribution in [2.75, 3.05) is 26.8 Å². The largest absolute Gasteiger partial charge is 0.496 e. The highest BCUT2D eigenvalue weighted by molar-refractivity contribution is 5.98. The molecule has 0 radical (unpaired) electrons. The molecule has 1 aliphatic heterocycles. The molecule has 0 unspecified atom stereocenters. The molecule has 7 heteroatoms. The molecule has 1 aliphatic carbocycles. The van der Waals surface area contributed by atoms with E-state index >= 15 is 0 Å². The number of amides is 2. The van der Waals surface area contributed by atoms with E-state index < -0.39 is 11.9 Å². The number of benzene rings is 1. The number of nitrogens with one attached hydrogen (secondary N) is 1. The first-order valence-electron chi connectivity index (χ1n) is 9.96. The maximum absolute atomic E-state index is 12.5. The summed E-state index contributed by atoms with van der Waals surface area (Å²) in [7, 11) is 1.48. The van der Waals surface area contributed by atoms with Gasteiger partial charge in [0.05, 0.1) is 12.7 Å². The molecular weight excluding hydrogens is 360 g/mol. The molecular formula is C21H28N2O5. The smallest absolute Gasteiger partial charge is 0.325 e. The van der Waals surface area contributed by atoms with Gasteiger partial charge >= 0.3 is 5.97 Å². The first kappa shape index (κ1) is 20.2. The molecule has 2 amide bonds. The molecule has 1 aromatic carbocycles. The highest BCUT2D eigenvalue weighted by atomic mass is 16.5. The van der Waals surface area contributed by atoms with Crippen LogP contribution in [0.15, 0.2) is 24.3 Å². The van der Waals surface area contributed by atoms with Gasteiger partial charge in [0.25, 0.3) is 11.8 Å². The minimum absolute atomic E-state index is 0.138. The second-order valence-corrected chi connectivity index (χ2v) is 7.38.